The summed E-state index contributed by atoms with van der Waals surface area (Å²) in [6.45, 7) is 4.05. The quantitative estimate of drug-likeness (QED) is 0.493. The van der Waals surface area contributed by atoms with E-state index in [4.69, 9.17) is 11.6 Å². The topological polar surface area (TPSA) is 72.2 Å². The number of benzene rings is 2. The molecule has 1 amide bonds. The highest BCUT2D eigenvalue weighted by Gasteiger charge is 2.31. The van der Waals surface area contributed by atoms with Gasteiger partial charge in [0.25, 0.3) is 0 Å². The van der Waals surface area contributed by atoms with Gasteiger partial charge < -0.3 is 5.32 Å². The van der Waals surface area contributed by atoms with Gasteiger partial charge in [0.05, 0.1) is 29.4 Å². The molecular weight excluding hydrogens is 495 g/mol. The molecule has 4 rings (SSSR count). The second kappa shape index (κ2) is 10.9. The third-order valence-corrected chi connectivity index (χ3v) is 6.66. The van der Waals surface area contributed by atoms with Crippen molar-refractivity contribution in [1.29, 1.82) is 0 Å². The van der Waals surface area contributed by atoms with Crippen molar-refractivity contribution < 1.29 is 18.0 Å². The lowest BCUT2D eigenvalue weighted by molar-refractivity contribution is -0.137. The summed E-state index contributed by atoms with van der Waals surface area (Å²) in [6.07, 6.45) is -3.11. The minimum absolute atomic E-state index is 0.0301. The molecule has 1 fully saturated rings. The van der Waals surface area contributed by atoms with E-state index < -0.39 is 17.6 Å². The molecule has 1 aliphatic heterocycles. The lowest BCUT2D eigenvalue weighted by Gasteiger charge is -2.31. The molecule has 1 aliphatic rings. The van der Waals surface area contributed by atoms with E-state index in [1.165, 1.54) is 4.68 Å². The van der Waals surface area contributed by atoms with Crippen molar-refractivity contribution in [3.05, 3.63) is 81.0 Å². The van der Waals surface area contributed by atoms with Crippen LogP contribution < -0.4 is 11.0 Å². The van der Waals surface area contributed by atoms with Gasteiger partial charge in [-0.1, -0.05) is 41.9 Å². The number of carbonyl (C=O) groups excluding carboxylic acids is 1. The van der Waals surface area contributed by atoms with E-state index in [-0.39, 0.29) is 28.9 Å². The molecule has 3 aromatic rings. The summed E-state index contributed by atoms with van der Waals surface area (Å²) in [4.78, 5) is 27.3. The number of carbonyl (C=O) groups is 1. The Morgan fingerprint density at radius 3 is 2.47 bits per heavy atom. The van der Waals surface area contributed by atoms with Crippen molar-refractivity contribution in [2.45, 2.75) is 44.9 Å². The highest BCUT2D eigenvalue weighted by atomic mass is 35.5. The Morgan fingerprint density at radius 1 is 1.14 bits per heavy atom. The summed E-state index contributed by atoms with van der Waals surface area (Å²) < 4.78 is 42.1. The molecule has 1 N–H and O–H groups in total. The maximum atomic E-state index is 13.0. The van der Waals surface area contributed by atoms with Crippen LogP contribution in [0.5, 0.6) is 0 Å². The molecule has 0 bridgehead atoms. The minimum Gasteiger partial charge on any atom is -0.324 e. The van der Waals surface area contributed by atoms with Gasteiger partial charge >= 0.3 is 11.9 Å². The Kier molecular flexibility index (Phi) is 7.85. The number of aromatic nitrogens is 3. The SMILES string of the molecule is CCn1c(C2CCN(CC(=O)Nc3cc(C(F)(F)F)ccc3Cl)CC2)nn(Cc2ccccc2)c1=O. The van der Waals surface area contributed by atoms with Gasteiger partial charge in [-0.05, 0) is 56.6 Å². The molecule has 2 heterocycles. The van der Waals surface area contributed by atoms with E-state index in [0.717, 1.165) is 29.6 Å². The second-order valence-electron chi connectivity index (χ2n) is 8.82. The fourth-order valence-electron chi connectivity index (χ4n) is 4.46. The van der Waals surface area contributed by atoms with Gasteiger partial charge in [-0.25, -0.2) is 9.48 Å². The number of nitrogens with zero attached hydrogens (tertiary/aromatic N) is 4. The van der Waals surface area contributed by atoms with Crippen molar-refractivity contribution in [3.63, 3.8) is 0 Å². The lowest BCUT2D eigenvalue weighted by Crippen LogP contribution is -2.39. The summed E-state index contributed by atoms with van der Waals surface area (Å²) in [5.41, 5.74) is -0.0938. The van der Waals surface area contributed by atoms with Crippen LogP contribution in [0.1, 0.15) is 42.6 Å². The Balaban J connectivity index is 1.37. The van der Waals surface area contributed by atoms with Crippen molar-refractivity contribution in [2.75, 3.05) is 25.0 Å². The third-order valence-electron chi connectivity index (χ3n) is 6.33. The molecule has 0 atom stereocenters. The van der Waals surface area contributed by atoms with Gasteiger partial charge in [-0.15, -0.1) is 0 Å². The summed E-state index contributed by atoms with van der Waals surface area (Å²) in [6, 6.07) is 12.5. The summed E-state index contributed by atoms with van der Waals surface area (Å²) in [5.74, 6) is 0.387. The van der Waals surface area contributed by atoms with Crippen molar-refractivity contribution in [3.8, 4) is 0 Å². The van der Waals surface area contributed by atoms with E-state index in [1.54, 1.807) is 4.57 Å². The van der Waals surface area contributed by atoms with Gasteiger partial charge in [0.15, 0.2) is 0 Å². The number of piperidine rings is 1. The number of hydrogen-bond acceptors (Lipinski definition) is 4. The Labute approximate surface area is 211 Å². The smallest absolute Gasteiger partial charge is 0.324 e. The average Bonchev–Trinajstić information content (AvgIpc) is 3.15. The van der Waals surface area contributed by atoms with E-state index in [1.807, 2.05) is 42.2 Å². The van der Waals surface area contributed by atoms with Gasteiger partial charge in [0.1, 0.15) is 5.82 Å². The van der Waals surface area contributed by atoms with Gasteiger partial charge in [0.2, 0.25) is 5.91 Å². The third kappa shape index (κ3) is 5.99. The summed E-state index contributed by atoms with van der Waals surface area (Å²) >= 11 is 5.98. The predicted molar refractivity (Wildman–Crippen MR) is 131 cm³/mol. The molecule has 1 saturated heterocycles. The first-order valence-corrected chi connectivity index (χ1v) is 12.1. The first-order valence-electron chi connectivity index (χ1n) is 11.8. The van der Waals surface area contributed by atoms with Crippen LogP contribution in [0, 0.1) is 0 Å². The molecule has 2 aromatic carbocycles. The molecule has 1 aromatic heterocycles. The van der Waals surface area contributed by atoms with Crippen LogP contribution >= 0.6 is 11.6 Å². The fraction of sp³-hybridized carbons (Fsp3) is 0.400. The zero-order chi connectivity index (χ0) is 25.9. The van der Waals surface area contributed by atoms with Crippen LogP contribution in [-0.4, -0.2) is 44.8 Å². The standard InChI is InChI=1S/C25H27ClF3N5O2/c1-2-33-23(31-34(24(33)36)15-17-6-4-3-5-7-17)18-10-12-32(13-11-18)16-22(35)30-21-14-19(25(27,28)29)8-9-20(21)26/h3-9,14,18H,2,10-13,15-16H2,1H3,(H,30,35). The Bertz CT molecular complexity index is 1260. The van der Waals surface area contributed by atoms with Gasteiger partial charge in [-0.3, -0.25) is 14.3 Å². The molecule has 0 unspecified atom stereocenters. The number of alkyl halides is 3. The average molecular weight is 522 g/mol. The number of hydrogen-bond donors (Lipinski definition) is 1. The normalized spacial score (nSPS) is 15.2. The number of halogens is 4. The van der Waals surface area contributed by atoms with Crippen molar-refractivity contribution >= 4 is 23.2 Å². The number of nitrogens with one attached hydrogen (secondary N) is 1. The number of amides is 1. The summed E-state index contributed by atoms with van der Waals surface area (Å²) in [7, 11) is 0. The van der Waals surface area contributed by atoms with Crippen LogP contribution in [-0.2, 0) is 24.1 Å². The molecule has 192 valence electrons. The fourth-order valence-corrected chi connectivity index (χ4v) is 4.62. The Hall–Kier alpha value is -3.11. The van der Waals surface area contributed by atoms with Gasteiger partial charge in [0, 0.05) is 12.5 Å². The number of rotatable bonds is 7. The minimum atomic E-state index is -4.53. The first-order chi connectivity index (χ1) is 17.2. The van der Waals surface area contributed by atoms with E-state index >= 15 is 0 Å². The maximum absolute atomic E-state index is 13.0. The second-order valence-corrected chi connectivity index (χ2v) is 9.23. The largest absolute Gasteiger partial charge is 0.416 e. The lowest BCUT2D eigenvalue weighted by atomic mass is 9.96. The molecule has 11 heteroatoms. The molecule has 7 nitrogen and oxygen atoms in total. The molecule has 0 radical (unpaired) electrons. The van der Waals surface area contributed by atoms with Crippen molar-refractivity contribution in [1.82, 2.24) is 19.2 Å². The van der Waals surface area contributed by atoms with Crippen molar-refractivity contribution in [2.24, 2.45) is 0 Å². The number of anilines is 1. The molecule has 0 saturated carbocycles. The molecule has 0 spiro atoms. The number of likely N-dealkylation sites (tertiary alicyclic amines) is 1. The van der Waals surface area contributed by atoms with Crippen LogP contribution in [0.2, 0.25) is 5.02 Å². The Morgan fingerprint density at radius 2 is 1.83 bits per heavy atom. The predicted octanol–water partition coefficient (Wildman–Crippen LogP) is 4.60. The monoisotopic (exact) mass is 521 g/mol. The van der Waals surface area contributed by atoms with E-state index in [9.17, 15) is 22.8 Å². The zero-order valence-corrected chi connectivity index (χ0v) is 20.5. The van der Waals surface area contributed by atoms with Gasteiger partial charge in [-0.2, -0.15) is 18.3 Å². The van der Waals surface area contributed by atoms with E-state index in [2.05, 4.69) is 10.4 Å². The highest BCUT2D eigenvalue weighted by Crippen LogP contribution is 2.34. The van der Waals surface area contributed by atoms with E-state index in [0.29, 0.717) is 39.0 Å². The van der Waals surface area contributed by atoms with Crippen LogP contribution in [0.15, 0.2) is 53.3 Å². The maximum Gasteiger partial charge on any atom is 0.416 e. The van der Waals surface area contributed by atoms with Crippen LogP contribution in [0.3, 0.4) is 0 Å². The summed E-state index contributed by atoms with van der Waals surface area (Å²) in [5, 5.41) is 7.17. The molecule has 36 heavy (non-hydrogen) atoms. The van der Waals surface area contributed by atoms with Crippen LogP contribution in [0.4, 0.5) is 18.9 Å². The first kappa shape index (κ1) is 26.0. The van der Waals surface area contributed by atoms with Crippen LogP contribution in [0.25, 0.3) is 0 Å². The molecular formula is C25H27ClF3N5O2. The molecule has 0 aliphatic carbocycles. The zero-order valence-electron chi connectivity index (χ0n) is 19.8. The highest BCUT2D eigenvalue weighted by molar-refractivity contribution is 6.33.